The number of benzene rings is 2. The van der Waals surface area contributed by atoms with Crippen molar-refractivity contribution in [3.63, 3.8) is 0 Å². The van der Waals surface area contributed by atoms with Crippen molar-refractivity contribution < 1.29 is 9.90 Å². The summed E-state index contributed by atoms with van der Waals surface area (Å²) in [6, 6.07) is 13.3. The van der Waals surface area contributed by atoms with Gasteiger partial charge in [0.15, 0.2) is 0 Å². The Morgan fingerprint density at radius 2 is 1.68 bits per heavy atom. The molecule has 1 aliphatic heterocycles. The van der Waals surface area contributed by atoms with Crippen molar-refractivity contribution in [1.82, 2.24) is 4.90 Å². The second kappa shape index (κ2) is 7.97. The highest BCUT2D eigenvalue weighted by molar-refractivity contribution is 5.92. The average Bonchev–Trinajstić information content (AvgIpc) is 2.67. The SMILES string of the molecule is CC(C)(C)c1cc(C=CC(=O)N2CCN(c3ccc(N)cc3)CC2)ccc1O. The van der Waals surface area contributed by atoms with Crippen molar-refractivity contribution >= 4 is 23.4 Å². The number of hydrogen-bond donors (Lipinski definition) is 2. The normalized spacial score (nSPS) is 15.2. The van der Waals surface area contributed by atoms with Gasteiger partial charge >= 0.3 is 0 Å². The van der Waals surface area contributed by atoms with Crippen LogP contribution in [0.5, 0.6) is 5.75 Å². The minimum atomic E-state index is -0.156. The molecular weight excluding hydrogens is 350 g/mol. The van der Waals surface area contributed by atoms with E-state index in [1.165, 1.54) is 0 Å². The first-order valence-corrected chi connectivity index (χ1v) is 9.65. The molecule has 2 aromatic rings. The van der Waals surface area contributed by atoms with E-state index in [1.807, 2.05) is 47.4 Å². The van der Waals surface area contributed by atoms with Gasteiger partial charge in [-0.15, -0.1) is 0 Å². The highest BCUT2D eigenvalue weighted by Gasteiger charge is 2.20. The Morgan fingerprint density at radius 1 is 1.04 bits per heavy atom. The highest BCUT2D eigenvalue weighted by Crippen LogP contribution is 2.31. The quantitative estimate of drug-likeness (QED) is 0.631. The minimum absolute atomic E-state index is 0.0161. The number of amides is 1. The molecule has 28 heavy (non-hydrogen) atoms. The first-order chi connectivity index (χ1) is 13.2. The van der Waals surface area contributed by atoms with Gasteiger partial charge in [-0.1, -0.05) is 26.8 Å². The van der Waals surface area contributed by atoms with Crippen LogP contribution in [0, 0.1) is 0 Å². The van der Waals surface area contributed by atoms with Crippen molar-refractivity contribution in [2.45, 2.75) is 26.2 Å². The van der Waals surface area contributed by atoms with Crippen LogP contribution in [-0.4, -0.2) is 42.1 Å². The lowest BCUT2D eigenvalue weighted by Crippen LogP contribution is -2.48. The smallest absolute Gasteiger partial charge is 0.246 e. The molecule has 1 amide bonds. The van der Waals surface area contributed by atoms with Gasteiger partial charge in [0, 0.05) is 43.6 Å². The molecule has 3 N–H and O–H groups in total. The number of rotatable bonds is 3. The van der Waals surface area contributed by atoms with Gasteiger partial charge < -0.3 is 20.6 Å². The van der Waals surface area contributed by atoms with Crippen LogP contribution >= 0.6 is 0 Å². The van der Waals surface area contributed by atoms with Crippen LogP contribution in [0.2, 0.25) is 0 Å². The van der Waals surface area contributed by atoms with Crippen molar-refractivity contribution in [1.29, 1.82) is 0 Å². The van der Waals surface area contributed by atoms with Gasteiger partial charge in [0.1, 0.15) is 5.75 Å². The summed E-state index contributed by atoms with van der Waals surface area (Å²) in [6.45, 7) is 9.16. The standard InChI is InChI=1S/C23H29N3O2/c1-23(2,3)20-16-17(4-10-21(20)27)5-11-22(28)26-14-12-25(13-15-26)19-8-6-18(24)7-9-19/h4-11,16,27H,12-15,24H2,1-3H3. The van der Waals surface area contributed by atoms with Crippen LogP contribution in [0.15, 0.2) is 48.5 Å². The van der Waals surface area contributed by atoms with Gasteiger partial charge in [-0.3, -0.25) is 4.79 Å². The Morgan fingerprint density at radius 3 is 2.29 bits per heavy atom. The molecule has 1 fully saturated rings. The molecule has 1 aliphatic rings. The zero-order valence-corrected chi connectivity index (χ0v) is 16.9. The number of nitrogens with two attached hydrogens (primary N) is 1. The van der Waals surface area contributed by atoms with E-state index < -0.39 is 0 Å². The van der Waals surface area contributed by atoms with Crippen LogP contribution < -0.4 is 10.6 Å². The number of phenols is 1. The molecule has 0 aliphatic carbocycles. The van der Waals surface area contributed by atoms with Crippen molar-refractivity contribution in [2.24, 2.45) is 0 Å². The van der Waals surface area contributed by atoms with E-state index in [-0.39, 0.29) is 17.1 Å². The third kappa shape index (κ3) is 4.66. The summed E-state index contributed by atoms with van der Waals surface area (Å²) in [5.41, 5.74) is 9.27. The van der Waals surface area contributed by atoms with Gasteiger partial charge in [0.2, 0.25) is 5.91 Å². The van der Waals surface area contributed by atoms with E-state index in [9.17, 15) is 9.90 Å². The van der Waals surface area contributed by atoms with Crippen molar-refractivity contribution in [2.75, 3.05) is 36.8 Å². The summed E-state index contributed by atoms with van der Waals surface area (Å²) >= 11 is 0. The molecule has 0 saturated carbocycles. The summed E-state index contributed by atoms with van der Waals surface area (Å²) < 4.78 is 0. The average molecular weight is 380 g/mol. The Bertz CT molecular complexity index is 858. The number of nitrogens with zero attached hydrogens (tertiary/aromatic N) is 2. The lowest BCUT2D eigenvalue weighted by atomic mass is 9.85. The third-order valence-corrected chi connectivity index (χ3v) is 5.10. The Balaban J connectivity index is 1.61. The number of carbonyl (C=O) groups is 1. The first-order valence-electron chi connectivity index (χ1n) is 9.65. The molecule has 0 spiro atoms. The van der Waals surface area contributed by atoms with E-state index in [0.717, 1.165) is 35.6 Å². The van der Waals surface area contributed by atoms with Crippen LogP contribution in [0.4, 0.5) is 11.4 Å². The predicted molar refractivity (Wildman–Crippen MR) is 115 cm³/mol. The molecule has 1 heterocycles. The van der Waals surface area contributed by atoms with E-state index in [4.69, 9.17) is 5.73 Å². The fraction of sp³-hybridized carbons (Fsp3) is 0.348. The van der Waals surface area contributed by atoms with E-state index in [0.29, 0.717) is 13.1 Å². The van der Waals surface area contributed by atoms with Crippen molar-refractivity contribution in [3.8, 4) is 5.75 Å². The van der Waals surface area contributed by atoms with Gasteiger partial charge in [0.25, 0.3) is 0 Å². The fourth-order valence-electron chi connectivity index (χ4n) is 3.40. The number of anilines is 2. The lowest BCUT2D eigenvalue weighted by molar-refractivity contribution is -0.126. The molecule has 0 bridgehead atoms. The van der Waals surface area contributed by atoms with Crippen molar-refractivity contribution in [3.05, 3.63) is 59.7 Å². The zero-order valence-electron chi connectivity index (χ0n) is 16.9. The van der Waals surface area contributed by atoms with Gasteiger partial charge in [0.05, 0.1) is 0 Å². The van der Waals surface area contributed by atoms with Crippen LogP contribution in [0.25, 0.3) is 6.08 Å². The molecule has 1 saturated heterocycles. The summed E-state index contributed by atoms with van der Waals surface area (Å²) in [6.07, 6.45) is 3.45. The van der Waals surface area contributed by atoms with Crippen LogP contribution in [0.1, 0.15) is 31.9 Å². The zero-order chi connectivity index (χ0) is 20.3. The maximum absolute atomic E-state index is 12.6. The second-order valence-corrected chi connectivity index (χ2v) is 8.26. The maximum atomic E-state index is 12.6. The number of piperazine rings is 1. The van der Waals surface area contributed by atoms with E-state index >= 15 is 0 Å². The molecular formula is C23H29N3O2. The number of phenolic OH excluding ortho intramolecular Hbond substituents is 1. The molecule has 0 aromatic heterocycles. The van der Waals surface area contributed by atoms with Gasteiger partial charge in [-0.25, -0.2) is 0 Å². The monoisotopic (exact) mass is 379 g/mol. The molecule has 0 unspecified atom stereocenters. The maximum Gasteiger partial charge on any atom is 0.246 e. The Labute approximate surface area is 167 Å². The minimum Gasteiger partial charge on any atom is -0.508 e. The first kappa shape index (κ1) is 19.8. The lowest BCUT2D eigenvalue weighted by Gasteiger charge is -2.35. The molecule has 5 heteroatoms. The Kier molecular flexibility index (Phi) is 5.63. The van der Waals surface area contributed by atoms with E-state index in [1.54, 1.807) is 12.1 Å². The summed E-state index contributed by atoms with van der Waals surface area (Å²) in [5.74, 6) is 0.303. The molecule has 148 valence electrons. The largest absolute Gasteiger partial charge is 0.508 e. The van der Waals surface area contributed by atoms with Crippen LogP contribution in [0.3, 0.4) is 0 Å². The summed E-state index contributed by atoms with van der Waals surface area (Å²) in [7, 11) is 0. The summed E-state index contributed by atoms with van der Waals surface area (Å²) in [4.78, 5) is 16.7. The molecule has 2 aromatic carbocycles. The number of hydrogen-bond acceptors (Lipinski definition) is 4. The second-order valence-electron chi connectivity index (χ2n) is 8.26. The molecule has 0 radical (unpaired) electrons. The molecule has 5 nitrogen and oxygen atoms in total. The van der Waals surface area contributed by atoms with Gasteiger partial charge in [-0.2, -0.15) is 0 Å². The summed E-state index contributed by atoms with van der Waals surface area (Å²) in [5, 5.41) is 10.1. The number of carbonyl (C=O) groups excluding carboxylic acids is 1. The predicted octanol–water partition coefficient (Wildman–Crippen LogP) is 3.63. The third-order valence-electron chi connectivity index (χ3n) is 5.10. The highest BCUT2D eigenvalue weighted by atomic mass is 16.3. The topological polar surface area (TPSA) is 69.8 Å². The van der Waals surface area contributed by atoms with Crippen LogP contribution in [-0.2, 0) is 10.2 Å². The molecule has 0 atom stereocenters. The Hall–Kier alpha value is -2.95. The van der Waals surface area contributed by atoms with Gasteiger partial charge in [-0.05, 0) is 59.0 Å². The number of aromatic hydroxyl groups is 1. The number of nitrogen functional groups attached to an aromatic ring is 1. The fourth-order valence-corrected chi connectivity index (χ4v) is 3.40. The molecule has 3 rings (SSSR count). The van der Waals surface area contributed by atoms with E-state index in [2.05, 4.69) is 25.7 Å².